The number of piperidine rings is 1. The summed E-state index contributed by atoms with van der Waals surface area (Å²) in [6, 6.07) is 9.12. The van der Waals surface area contributed by atoms with Crippen molar-refractivity contribution in [2.24, 2.45) is 0 Å². The minimum absolute atomic E-state index is 0. The van der Waals surface area contributed by atoms with Gasteiger partial charge in [0.05, 0.1) is 28.0 Å². The van der Waals surface area contributed by atoms with Crippen molar-refractivity contribution < 1.29 is 18.0 Å². The highest BCUT2D eigenvalue weighted by molar-refractivity contribution is 6.34. The Hall–Kier alpha value is -2.68. The van der Waals surface area contributed by atoms with Crippen LogP contribution in [0.2, 0.25) is 5.02 Å². The number of nitrogens with one attached hydrogen (secondary N) is 2. The Morgan fingerprint density at radius 1 is 1.15 bits per heavy atom. The maximum atomic E-state index is 13.2. The van der Waals surface area contributed by atoms with Gasteiger partial charge in [0.2, 0.25) is 0 Å². The van der Waals surface area contributed by atoms with Crippen LogP contribution >= 0.6 is 24.0 Å². The lowest BCUT2D eigenvalue weighted by Gasteiger charge is -2.28. The molecule has 0 saturated carbocycles. The van der Waals surface area contributed by atoms with Crippen LogP contribution in [0.3, 0.4) is 0 Å². The number of carbonyl (C=O) groups excluding carboxylic acids is 1. The molecule has 180 valence electrons. The lowest BCUT2D eigenvalue weighted by atomic mass is 9.88. The number of amides is 1. The van der Waals surface area contributed by atoms with Gasteiger partial charge in [0.15, 0.2) is 0 Å². The standard InChI is InChI=1S/C24H22ClF3N4O.ClH/c25-22-17(7-4-8-18(22)24(26,27)28)23(33)32-13-15-5-3-6-16(20-14-29-11-12-31-20)21(15)19-9-1-2-10-30-19;/h3-8,11-12,14,19,30H,1-2,9-10,13H2,(H,32,33);1H/t19-;/m0./s1. The molecule has 1 aliphatic rings. The van der Waals surface area contributed by atoms with Gasteiger partial charge in [-0.25, -0.2) is 0 Å². The fraction of sp³-hybridized carbons (Fsp3) is 0.292. The van der Waals surface area contributed by atoms with E-state index >= 15 is 0 Å². The molecule has 2 heterocycles. The Labute approximate surface area is 206 Å². The van der Waals surface area contributed by atoms with Crippen LogP contribution in [0, 0.1) is 0 Å². The number of aromatic nitrogens is 2. The fourth-order valence-electron chi connectivity index (χ4n) is 4.14. The van der Waals surface area contributed by atoms with E-state index in [-0.39, 0.29) is 30.6 Å². The Bertz CT molecular complexity index is 1140. The van der Waals surface area contributed by atoms with Crippen LogP contribution in [0.4, 0.5) is 13.2 Å². The van der Waals surface area contributed by atoms with E-state index in [2.05, 4.69) is 20.6 Å². The van der Waals surface area contributed by atoms with Crippen LogP contribution in [0.1, 0.15) is 52.4 Å². The minimum Gasteiger partial charge on any atom is -0.348 e. The molecule has 1 aliphatic heterocycles. The second-order valence-corrected chi connectivity index (χ2v) is 8.20. The lowest BCUT2D eigenvalue weighted by Crippen LogP contribution is -2.30. The quantitative estimate of drug-likeness (QED) is 0.442. The molecule has 0 radical (unpaired) electrons. The Kier molecular flexibility index (Phi) is 8.52. The van der Waals surface area contributed by atoms with Crippen molar-refractivity contribution in [3.8, 4) is 11.3 Å². The Balaban J connectivity index is 0.00000324. The van der Waals surface area contributed by atoms with E-state index in [0.717, 1.165) is 48.6 Å². The highest BCUT2D eigenvalue weighted by atomic mass is 35.5. The first-order valence-electron chi connectivity index (χ1n) is 10.6. The van der Waals surface area contributed by atoms with Crippen molar-refractivity contribution in [1.29, 1.82) is 0 Å². The molecule has 0 aliphatic carbocycles. The van der Waals surface area contributed by atoms with E-state index in [1.54, 1.807) is 18.6 Å². The van der Waals surface area contributed by atoms with Crippen LogP contribution in [0.15, 0.2) is 55.0 Å². The van der Waals surface area contributed by atoms with Gasteiger partial charge in [-0.3, -0.25) is 14.8 Å². The van der Waals surface area contributed by atoms with Crippen LogP contribution in [0.25, 0.3) is 11.3 Å². The fourth-order valence-corrected chi connectivity index (χ4v) is 4.45. The van der Waals surface area contributed by atoms with Crippen molar-refractivity contribution in [2.75, 3.05) is 6.54 Å². The predicted octanol–water partition coefficient (Wildman–Crippen LogP) is 5.98. The highest BCUT2D eigenvalue weighted by Gasteiger charge is 2.34. The molecule has 0 bridgehead atoms. The van der Waals surface area contributed by atoms with Crippen molar-refractivity contribution in [2.45, 2.75) is 38.0 Å². The number of carbonyl (C=O) groups is 1. The second kappa shape index (κ2) is 11.2. The molecule has 0 unspecified atom stereocenters. The van der Waals surface area contributed by atoms with E-state index in [4.69, 9.17) is 11.6 Å². The SMILES string of the molecule is Cl.O=C(NCc1cccc(-c2cnccn2)c1[C@@H]1CCCCN1)c1cccc(C(F)(F)F)c1Cl. The van der Waals surface area contributed by atoms with Gasteiger partial charge in [-0.05, 0) is 42.6 Å². The summed E-state index contributed by atoms with van der Waals surface area (Å²) in [7, 11) is 0. The first kappa shape index (κ1) is 25.9. The van der Waals surface area contributed by atoms with Gasteiger partial charge in [-0.1, -0.05) is 42.3 Å². The summed E-state index contributed by atoms with van der Waals surface area (Å²) in [5.41, 5.74) is 2.24. The molecule has 2 N–H and O–H groups in total. The molecule has 3 aromatic rings. The summed E-state index contributed by atoms with van der Waals surface area (Å²) < 4.78 is 39.5. The largest absolute Gasteiger partial charge is 0.417 e. The topological polar surface area (TPSA) is 66.9 Å². The number of nitrogens with zero attached hydrogens (tertiary/aromatic N) is 2. The molecule has 0 spiro atoms. The van der Waals surface area contributed by atoms with E-state index in [0.29, 0.717) is 5.69 Å². The number of hydrogen-bond acceptors (Lipinski definition) is 4. The average molecular weight is 511 g/mol. The Morgan fingerprint density at radius 2 is 1.94 bits per heavy atom. The smallest absolute Gasteiger partial charge is 0.348 e. The zero-order valence-electron chi connectivity index (χ0n) is 18.0. The minimum atomic E-state index is -4.64. The molecular weight excluding hydrogens is 488 g/mol. The van der Waals surface area contributed by atoms with Gasteiger partial charge in [0.1, 0.15) is 0 Å². The molecule has 1 amide bonds. The summed E-state index contributed by atoms with van der Waals surface area (Å²) in [6.45, 7) is 1.01. The van der Waals surface area contributed by atoms with E-state index in [1.165, 1.54) is 12.1 Å². The van der Waals surface area contributed by atoms with Gasteiger partial charge < -0.3 is 10.6 Å². The van der Waals surface area contributed by atoms with Gasteiger partial charge in [-0.2, -0.15) is 13.2 Å². The summed E-state index contributed by atoms with van der Waals surface area (Å²) in [6.07, 6.45) is 3.35. The number of alkyl halides is 3. The van der Waals surface area contributed by atoms with Crippen molar-refractivity contribution >= 4 is 29.9 Å². The summed E-state index contributed by atoms with van der Waals surface area (Å²) >= 11 is 5.92. The molecule has 1 fully saturated rings. The maximum absolute atomic E-state index is 13.2. The molecule has 10 heteroatoms. The predicted molar refractivity (Wildman–Crippen MR) is 127 cm³/mol. The average Bonchev–Trinajstić information content (AvgIpc) is 2.82. The van der Waals surface area contributed by atoms with Crippen molar-refractivity contribution in [1.82, 2.24) is 20.6 Å². The van der Waals surface area contributed by atoms with Crippen molar-refractivity contribution in [3.63, 3.8) is 0 Å². The van der Waals surface area contributed by atoms with Crippen LogP contribution in [-0.4, -0.2) is 22.4 Å². The monoisotopic (exact) mass is 510 g/mol. The van der Waals surface area contributed by atoms with Gasteiger partial charge in [0.25, 0.3) is 5.91 Å². The zero-order chi connectivity index (χ0) is 23.4. The number of halogens is 5. The molecule has 1 atom stereocenters. The van der Waals surface area contributed by atoms with Crippen LogP contribution < -0.4 is 10.6 Å². The second-order valence-electron chi connectivity index (χ2n) is 7.82. The summed E-state index contributed by atoms with van der Waals surface area (Å²) in [5, 5.41) is 5.66. The first-order chi connectivity index (χ1) is 15.9. The van der Waals surface area contributed by atoms with Crippen LogP contribution in [0.5, 0.6) is 0 Å². The summed E-state index contributed by atoms with van der Waals surface area (Å²) in [5.74, 6) is -0.668. The van der Waals surface area contributed by atoms with Crippen molar-refractivity contribution in [3.05, 3.63) is 82.3 Å². The molecule has 2 aromatic carbocycles. The third-order valence-corrected chi connectivity index (χ3v) is 6.09. The molecule has 4 rings (SSSR count). The normalized spacial score (nSPS) is 15.9. The molecule has 5 nitrogen and oxygen atoms in total. The van der Waals surface area contributed by atoms with E-state index < -0.39 is 22.7 Å². The highest BCUT2D eigenvalue weighted by Crippen LogP contribution is 2.37. The first-order valence-corrected chi connectivity index (χ1v) is 11.0. The number of benzene rings is 2. The molecular formula is C24H23Cl2F3N4O. The Morgan fingerprint density at radius 3 is 2.62 bits per heavy atom. The number of hydrogen-bond donors (Lipinski definition) is 2. The molecule has 34 heavy (non-hydrogen) atoms. The molecule has 1 saturated heterocycles. The van der Waals surface area contributed by atoms with Gasteiger partial charge >= 0.3 is 6.18 Å². The lowest BCUT2D eigenvalue weighted by molar-refractivity contribution is -0.137. The zero-order valence-corrected chi connectivity index (χ0v) is 19.6. The van der Waals surface area contributed by atoms with E-state index in [9.17, 15) is 18.0 Å². The summed E-state index contributed by atoms with van der Waals surface area (Å²) in [4.78, 5) is 21.4. The third kappa shape index (κ3) is 5.68. The molecule has 1 aromatic heterocycles. The van der Waals surface area contributed by atoms with Crippen LogP contribution in [-0.2, 0) is 12.7 Å². The van der Waals surface area contributed by atoms with Gasteiger partial charge in [0, 0.05) is 30.5 Å². The maximum Gasteiger partial charge on any atom is 0.417 e. The number of rotatable bonds is 5. The van der Waals surface area contributed by atoms with E-state index in [1.807, 2.05) is 18.2 Å². The third-order valence-electron chi connectivity index (χ3n) is 5.68. The van der Waals surface area contributed by atoms with Gasteiger partial charge in [-0.15, -0.1) is 12.4 Å².